The third-order valence-electron chi connectivity index (χ3n) is 1.93. The summed E-state index contributed by atoms with van der Waals surface area (Å²) in [4.78, 5) is 9.88. The molecule has 15 heavy (non-hydrogen) atoms. The lowest BCUT2D eigenvalue weighted by molar-refractivity contribution is -0.385. The van der Waals surface area contributed by atoms with Crippen molar-refractivity contribution in [1.29, 1.82) is 5.26 Å². The maximum absolute atomic E-state index is 10.5. The molecule has 0 saturated heterocycles. The second kappa shape index (κ2) is 4.39. The monoisotopic (exact) mass is 207 g/mol. The SMILES string of the molecule is N#CC[C@H](N)c1cc([N+](=O)[O-])ccc1O. The molecule has 0 unspecified atom stereocenters. The topological polar surface area (TPSA) is 113 Å². The zero-order valence-corrected chi connectivity index (χ0v) is 7.75. The van der Waals surface area contributed by atoms with Crippen LogP contribution < -0.4 is 5.73 Å². The zero-order valence-electron chi connectivity index (χ0n) is 7.75. The Balaban J connectivity index is 3.11. The van der Waals surface area contributed by atoms with Crippen LogP contribution in [0.25, 0.3) is 0 Å². The van der Waals surface area contributed by atoms with Crippen molar-refractivity contribution >= 4 is 5.69 Å². The van der Waals surface area contributed by atoms with E-state index in [-0.39, 0.29) is 23.4 Å². The van der Waals surface area contributed by atoms with Crippen LogP contribution in [0.5, 0.6) is 5.75 Å². The summed E-state index contributed by atoms with van der Waals surface area (Å²) < 4.78 is 0. The van der Waals surface area contributed by atoms with Gasteiger partial charge in [-0.05, 0) is 6.07 Å². The van der Waals surface area contributed by atoms with Gasteiger partial charge >= 0.3 is 0 Å². The highest BCUT2D eigenvalue weighted by atomic mass is 16.6. The second-order valence-corrected chi connectivity index (χ2v) is 2.97. The molecule has 0 aliphatic carbocycles. The van der Waals surface area contributed by atoms with Gasteiger partial charge in [0.15, 0.2) is 0 Å². The molecule has 1 aromatic carbocycles. The molecule has 1 aromatic rings. The predicted octanol–water partition coefficient (Wildman–Crippen LogP) is 1.21. The Kier molecular flexibility index (Phi) is 3.21. The molecular weight excluding hydrogens is 198 g/mol. The number of nitrogens with zero attached hydrogens (tertiary/aromatic N) is 2. The van der Waals surface area contributed by atoms with Crippen LogP contribution in [-0.4, -0.2) is 10.0 Å². The van der Waals surface area contributed by atoms with Crippen LogP contribution in [0.2, 0.25) is 0 Å². The van der Waals surface area contributed by atoms with Crippen molar-refractivity contribution in [2.75, 3.05) is 0 Å². The van der Waals surface area contributed by atoms with Gasteiger partial charge < -0.3 is 10.8 Å². The molecule has 0 heterocycles. The molecule has 0 aliphatic rings. The number of nitro groups is 1. The van der Waals surface area contributed by atoms with E-state index in [1.807, 2.05) is 6.07 Å². The molecule has 0 amide bonds. The number of phenols is 1. The third kappa shape index (κ3) is 2.42. The number of nitro benzene ring substituents is 1. The molecular formula is C9H9N3O3. The number of nitrogens with two attached hydrogens (primary N) is 1. The van der Waals surface area contributed by atoms with Crippen LogP contribution in [0.1, 0.15) is 18.0 Å². The highest BCUT2D eigenvalue weighted by molar-refractivity contribution is 5.44. The fourth-order valence-electron chi connectivity index (χ4n) is 1.16. The maximum Gasteiger partial charge on any atom is 0.270 e. The van der Waals surface area contributed by atoms with Gasteiger partial charge in [-0.1, -0.05) is 0 Å². The van der Waals surface area contributed by atoms with Gasteiger partial charge in [0.05, 0.1) is 17.4 Å². The number of hydrogen-bond donors (Lipinski definition) is 2. The number of benzene rings is 1. The Labute approximate surface area is 85.7 Å². The van der Waals surface area contributed by atoms with E-state index in [2.05, 4.69) is 0 Å². The van der Waals surface area contributed by atoms with Crippen LogP contribution in [0.15, 0.2) is 18.2 Å². The lowest BCUT2D eigenvalue weighted by atomic mass is 10.0. The quantitative estimate of drug-likeness (QED) is 0.571. The first-order chi connectivity index (χ1) is 7.06. The zero-order chi connectivity index (χ0) is 11.4. The van der Waals surface area contributed by atoms with Crippen molar-refractivity contribution in [3.05, 3.63) is 33.9 Å². The molecule has 0 fully saturated rings. The number of aromatic hydroxyl groups is 1. The smallest absolute Gasteiger partial charge is 0.270 e. The van der Waals surface area contributed by atoms with Crippen molar-refractivity contribution in [1.82, 2.24) is 0 Å². The Hall–Kier alpha value is -2.13. The molecule has 0 aromatic heterocycles. The summed E-state index contributed by atoms with van der Waals surface area (Å²) in [5.41, 5.74) is 5.63. The Morgan fingerprint density at radius 3 is 2.87 bits per heavy atom. The first kappa shape index (κ1) is 10.9. The summed E-state index contributed by atoms with van der Waals surface area (Å²) in [6, 6.07) is 4.68. The molecule has 0 spiro atoms. The number of phenolic OH excluding ortho intramolecular Hbond substituents is 1. The van der Waals surface area contributed by atoms with Crippen molar-refractivity contribution < 1.29 is 10.0 Å². The van der Waals surface area contributed by atoms with Gasteiger partial charge in [0.1, 0.15) is 5.75 Å². The molecule has 1 rings (SSSR count). The van der Waals surface area contributed by atoms with E-state index in [9.17, 15) is 15.2 Å². The van der Waals surface area contributed by atoms with Crippen molar-refractivity contribution in [3.63, 3.8) is 0 Å². The van der Waals surface area contributed by atoms with Gasteiger partial charge in [-0.2, -0.15) is 5.26 Å². The minimum atomic E-state index is -0.713. The lowest BCUT2D eigenvalue weighted by Crippen LogP contribution is -2.09. The summed E-state index contributed by atoms with van der Waals surface area (Å²) in [6.45, 7) is 0. The van der Waals surface area contributed by atoms with Crippen LogP contribution in [0, 0.1) is 21.4 Å². The Morgan fingerprint density at radius 2 is 2.33 bits per heavy atom. The van der Waals surface area contributed by atoms with Gasteiger partial charge in [-0.15, -0.1) is 0 Å². The first-order valence-corrected chi connectivity index (χ1v) is 4.16. The molecule has 0 saturated carbocycles. The Bertz CT molecular complexity index is 425. The minimum Gasteiger partial charge on any atom is -0.508 e. The molecule has 6 nitrogen and oxygen atoms in total. The molecule has 0 bridgehead atoms. The van der Waals surface area contributed by atoms with Crippen LogP contribution in [0.4, 0.5) is 5.69 Å². The molecule has 0 aliphatic heterocycles. The van der Waals surface area contributed by atoms with E-state index in [0.29, 0.717) is 0 Å². The van der Waals surface area contributed by atoms with E-state index in [1.165, 1.54) is 18.2 Å². The third-order valence-corrected chi connectivity index (χ3v) is 1.93. The molecule has 78 valence electrons. The molecule has 1 atom stereocenters. The van der Waals surface area contributed by atoms with Gasteiger partial charge in [0, 0.05) is 23.7 Å². The van der Waals surface area contributed by atoms with E-state index in [4.69, 9.17) is 11.0 Å². The number of non-ortho nitro benzene ring substituents is 1. The summed E-state index contributed by atoms with van der Waals surface area (Å²) in [5, 5.41) is 28.3. The van der Waals surface area contributed by atoms with E-state index in [1.54, 1.807) is 0 Å². The lowest BCUT2D eigenvalue weighted by Gasteiger charge is -2.09. The number of nitriles is 1. The van der Waals surface area contributed by atoms with Gasteiger partial charge in [0.2, 0.25) is 0 Å². The minimum absolute atomic E-state index is 0.00523. The van der Waals surface area contributed by atoms with Crippen LogP contribution in [0.3, 0.4) is 0 Å². The van der Waals surface area contributed by atoms with Crippen molar-refractivity contribution in [2.45, 2.75) is 12.5 Å². The second-order valence-electron chi connectivity index (χ2n) is 2.97. The summed E-state index contributed by atoms with van der Waals surface area (Å²) >= 11 is 0. The summed E-state index contributed by atoms with van der Waals surface area (Å²) in [5.74, 6) is -0.136. The summed E-state index contributed by atoms with van der Waals surface area (Å²) in [6.07, 6.45) is -0.00523. The first-order valence-electron chi connectivity index (χ1n) is 4.16. The maximum atomic E-state index is 10.5. The number of hydrogen-bond acceptors (Lipinski definition) is 5. The van der Waals surface area contributed by atoms with Crippen molar-refractivity contribution in [3.8, 4) is 11.8 Å². The van der Waals surface area contributed by atoms with E-state index >= 15 is 0 Å². The van der Waals surface area contributed by atoms with Gasteiger partial charge in [-0.25, -0.2) is 0 Å². The average Bonchev–Trinajstić information content (AvgIpc) is 2.18. The van der Waals surface area contributed by atoms with E-state index < -0.39 is 11.0 Å². The van der Waals surface area contributed by atoms with Crippen LogP contribution >= 0.6 is 0 Å². The standard InChI is InChI=1S/C9H9N3O3/c10-4-3-8(11)7-5-6(12(14)15)1-2-9(7)13/h1-2,5,8,13H,3,11H2/t8-/m0/s1. The normalized spacial score (nSPS) is 11.7. The Morgan fingerprint density at radius 1 is 1.67 bits per heavy atom. The largest absolute Gasteiger partial charge is 0.508 e. The van der Waals surface area contributed by atoms with Crippen LogP contribution in [-0.2, 0) is 0 Å². The van der Waals surface area contributed by atoms with Crippen molar-refractivity contribution in [2.24, 2.45) is 5.73 Å². The van der Waals surface area contributed by atoms with E-state index in [0.717, 1.165) is 0 Å². The van der Waals surface area contributed by atoms with Gasteiger partial charge in [0.25, 0.3) is 5.69 Å². The highest BCUT2D eigenvalue weighted by Gasteiger charge is 2.15. The average molecular weight is 207 g/mol. The molecule has 0 radical (unpaired) electrons. The number of rotatable bonds is 3. The fourth-order valence-corrected chi connectivity index (χ4v) is 1.16. The molecule has 6 heteroatoms. The van der Waals surface area contributed by atoms with Gasteiger partial charge in [-0.3, -0.25) is 10.1 Å². The highest BCUT2D eigenvalue weighted by Crippen LogP contribution is 2.28. The predicted molar refractivity (Wildman–Crippen MR) is 51.9 cm³/mol. The molecule has 3 N–H and O–H groups in total. The fraction of sp³-hybridized carbons (Fsp3) is 0.222. The summed E-state index contributed by atoms with van der Waals surface area (Å²) in [7, 11) is 0.